The molecule has 6 nitrogen and oxygen atoms in total. The van der Waals surface area contributed by atoms with Gasteiger partial charge in [-0.05, 0) is 12.5 Å². The van der Waals surface area contributed by atoms with Crippen molar-refractivity contribution in [3.05, 3.63) is 11.8 Å². The zero-order valence-corrected chi connectivity index (χ0v) is 8.61. The second-order valence-electron chi connectivity index (χ2n) is 2.93. The second kappa shape index (κ2) is 5.35. The molecule has 1 N–H and O–H groups in total. The molecule has 1 aliphatic heterocycles. The molecular weight excluding hydrogens is 202 g/mol. The fourth-order valence-electron chi connectivity index (χ4n) is 1.10. The Morgan fingerprint density at radius 1 is 1.47 bits per heavy atom. The van der Waals surface area contributed by atoms with Crippen LogP contribution in [0.5, 0.6) is 0 Å². The lowest BCUT2D eigenvalue weighted by Crippen LogP contribution is -2.23. The van der Waals surface area contributed by atoms with Crippen LogP contribution in [0, 0.1) is 0 Å². The summed E-state index contributed by atoms with van der Waals surface area (Å²) in [6, 6.07) is 0. The van der Waals surface area contributed by atoms with E-state index in [4.69, 9.17) is 4.84 Å². The Hall–Kier alpha value is -1.56. The highest BCUT2D eigenvalue weighted by atomic mass is 16.7. The van der Waals surface area contributed by atoms with E-state index in [0.717, 1.165) is 0 Å². The van der Waals surface area contributed by atoms with Crippen molar-refractivity contribution in [1.82, 2.24) is 5.48 Å². The maximum absolute atomic E-state index is 11.0. The predicted octanol–water partition coefficient (Wildman–Crippen LogP) is -0.100. The lowest BCUT2D eigenvalue weighted by atomic mass is 10.2. The fourth-order valence-corrected chi connectivity index (χ4v) is 1.10. The van der Waals surface area contributed by atoms with Crippen molar-refractivity contribution in [2.45, 2.75) is 18.9 Å². The third-order valence-electron chi connectivity index (χ3n) is 1.93. The minimum absolute atomic E-state index is 0.243. The highest BCUT2D eigenvalue weighted by molar-refractivity contribution is 5.77. The summed E-state index contributed by atoms with van der Waals surface area (Å²) >= 11 is 0. The van der Waals surface area contributed by atoms with Gasteiger partial charge in [-0.25, -0.2) is 4.79 Å². The van der Waals surface area contributed by atoms with E-state index in [-0.39, 0.29) is 12.4 Å². The van der Waals surface area contributed by atoms with E-state index in [1.165, 1.54) is 14.2 Å². The van der Waals surface area contributed by atoms with Crippen LogP contribution in [-0.4, -0.2) is 32.3 Å². The number of carbonyl (C=O) groups is 2. The number of nitrogens with one attached hydrogen (secondary N) is 1. The van der Waals surface area contributed by atoms with Crippen molar-refractivity contribution in [3.8, 4) is 0 Å². The Bertz CT molecular complexity index is 286. The zero-order valence-electron chi connectivity index (χ0n) is 8.61. The van der Waals surface area contributed by atoms with Crippen molar-refractivity contribution in [2.75, 3.05) is 14.2 Å². The first kappa shape index (κ1) is 11.5. The summed E-state index contributed by atoms with van der Waals surface area (Å²) in [5, 5.41) is 0. The van der Waals surface area contributed by atoms with Gasteiger partial charge in [-0.15, -0.1) is 0 Å². The van der Waals surface area contributed by atoms with Gasteiger partial charge in [-0.2, -0.15) is 0 Å². The molecule has 0 saturated heterocycles. The van der Waals surface area contributed by atoms with Crippen LogP contribution in [0.1, 0.15) is 12.8 Å². The van der Waals surface area contributed by atoms with Crippen LogP contribution in [0.25, 0.3) is 0 Å². The molecule has 0 bridgehead atoms. The minimum atomic E-state index is -0.734. The van der Waals surface area contributed by atoms with E-state index >= 15 is 0 Å². The normalized spacial score (nSPS) is 19.1. The number of methoxy groups -OCH3 is 2. The summed E-state index contributed by atoms with van der Waals surface area (Å²) in [5.74, 6) is -0.783. The van der Waals surface area contributed by atoms with Crippen LogP contribution in [0.2, 0.25) is 0 Å². The smallest absolute Gasteiger partial charge is 0.341 e. The molecule has 1 heterocycles. The van der Waals surface area contributed by atoms with Crippen LogP contribution >= 0.6 is 0 Å². The SMILES string of the molecule is COC(=O)CCC1=CC(C(=O)OC)ON1. The number of hydroxylamine groups is 1. The lowest BCUT2D eigenvalue weighted by molar-refractivity contribution is -0.152. The Balaban J connectivity index is 2.38. The van der Waals surface area contributed by atoms with E-state index in [1.807, 2.05) is 0 Å². The molecule has 0 fully saturated rings. The van der Waals surface area contributed by atoms with Gasteiger partial charge in [0, 0.05) is 5.70 Å². The molecule has 0 aromatic rings. The molecule has 0 radical (unpaired) electrons. The number of hydrogen-bond acceptors (Lipinski definition) is 6. The lowest BCUT2D eigenvalue weighted by Gasteiger charge is -2.04. The molecule has 0 saturated carbocycles. The summed E-state index contributed by atoms with van der Waals surface area (Å²) in [5.41, 5.74) is 3.23. The quantitative estimate of drug-likeness (QED) is 0.660. The zero-order chi connectivity index (χ0) is 11.3. The first-order valence-corrected chi connectivity index (χ1v) is 4.44. The van der Waals surface area contributed by atoms with Crippen molar-refractivity contribution < 1.29 is 23.9 Å². The number of ether oxygens (including phenoxy) is 2. The third-order valence-corrected chi connectivity index (χ3v) is 1.93. The number of allylic oxidation sites excluding steroid dienone is 1. The van der Waals surface area contributed by atoms with Crippen molar-refractivity contribution in [3.63, 3.8) is 0 Å². The van der Waals surface area contributed by atoms with Crippen LogP contribution in [0.4, 0.5) is 0 Å². The monoisotopic (exact) mass is 215 g/mol. The molecule has 1 unspecified atom stereocenters. The van der Waals surface area contributed by atoms with Crippen LogP contribution < -0.4 is 5.48 Å². The minimum Gasteiger partial charge on any atom is -0.469 e. The number of hydrogen-bond donors (Lipinski definition) is 1. The molecule has 0 aromatic carbocycles. The summed E-state index contributed by atoms with van der Waals surface area (Å²) in [6.07, 6.45) is 1.53. The van der Waals surface area contributed by atoms with Crippen LogP contribution in [0.3, 0.4) is 0 Å². The topological polar surface area (TPSA) is 73.9 Å². The van der Waals surface area contributed by atoms with Gasteiger partial charge >= 0.3 is 11.9 Å². The largest absolute Gasteiger partial charge is 0.469 e. The van der Waals surface area contributed by atoms with E-state index in [2.05, 4.69) is 15.0 Å². The summed E-state index contributed by atoms with van der Waals surface area (Å²) in [7, 11) is 2.61. The van der Waals surface area contributed by atoms with Gasteiger partial charge in [0.1, 0.15) is 0 Å². The van der Waals surface area contributed by atoms with Crippen LogP contribution in [0.15, 0.2) is 11.8 Å². The average molecular weight is 215 g/mol. The van der Waals surface area contributed by atoms with Gasteiger partial charge in [0.15, 0.2) is 0 Å². The van der Waals surface area contributed by atoms with Gasteiger partial charge in [0.25, 0.3) is 0 Å². The first-order valence-electron chi connectivity index (χ1n) is 4.44. The Morgan fingerprint density at radius 2 is 2.20 bits per heavy atom. The Labute approximate surface area is 87.1 Å². The summed E-state index contributed by atoms with van der Waals surface area (Å²) in [4.78, 5) is 26.8. The molecule has 1 aliphatic rings. The number of carbonyl (C=O) groups excluding carboxylic acids is 2. The van der Waals surface area contributed by atoms with Crippen LogP contribution in [-0.2, 0) is 23.9 Å². The molecule has 1 rings (SSSR count). The van der Waals surface area contributed by atoms with E-state index in [1.54, 1.807) is 6.08 Å². The van der Waals surface area contributed by atoms with E-state index < -0.39 is 12.1 Å². The summed E-state index contributed by atoms with van der Waals surface area (Å²) in [6.45, 7) is 0. The Morgan fingerprint density at radius 3 is 2.80 bits per heavy atom. The molecule has 1 atom stereocenters. The molecule has 84 valence electrons. The number of rotatable bonds is 4. The molecule has 0 aromatic heterocycles. The maximum atomic E-state index is 11.0. The first-order chi connectivity index (χ1) is 7.17. The molecule has 6 heteroatoms. The highest BCUT2D eigenvalue weighted by Crippen LogP contribution is 2.13. The molecule has 0 aliphatic carbocycles. The third kappa shape index (κ3) is 3.25. The van der Waals surface area contributed by atoms with Gasteiger partial charge in [0.2, 0.25) is 6.10 Å². The standard InChI is InChI=1S/C9H13NO5/c1-13-8(11)4-3-6-5-7(15-10-6)9(12)14-2/h5,7,10H,3-4H2,1-2H3. The molecule has 15 heavy (non-hydrogen) atoms. The molecule has 0 amide bonds. The van der Waals surface area contributed by atoms with Gasteiger partial charge in [0.05, 0.1) is 20.6 Å². The highest BCUT2D eigenvalue weighted by Gasteiger charge is 2.24. The number of esters is 2. The molecular formula is C9H13NO5. The Kier molecular flexibility index (Phi) is 4.11. The predicted molar refractivity (Wildman–Crippen MR) is 49.4 cm³/mol. The van der Waals surface area contributed by atoms with Gasteiger partial charge in [-0.3, -0.25) is 15.1 Å². The maximum Gasteiger partial charge on any atom is 0.341 e. The van der Waals surface area contributed by atoms with Gasteiger partial charge in [-0.1, -0.05) is 0 Å². The fraction of sp³-hybridized carbons (Fsp3) is 0.556. The van der Waals surface area contributed by atoms with Crippen molar-refractivity contribution >= 4 is 11.9 Å². The van der Waals surface area contributed by atoms with Gasteiger partial charge < -0.3 is 9.47 Å². The summed E-state index contributed by atoms with van der Waals surface area (Å²) < 4.78 is 8.97. The van der Waals surface area contributed by atoms with Crippen molar-refractivity contribution in [2.24, 2.45) is 0 Å². The second-order valence-corrected chi connectivity index (χ2v) is 2.93. The average Bonchev–Trinajstić information content (AvgIpc) is 2.73. The van der Waals surface area contributed by atoms with E-state index in [0.29, 0.717) is 12.1 Å². The van der Waals surface area contributed by atoms with E-state index in [9.17, 15) is 9.59 Å². The van der Waals surface area contributed by atoms with Crippen molar-refractivity contribution in [1.29, 1.82) is 0 Å². The molecule has 0 spiro atoms.